The molecule has 4 aliphatic rings. The second-order valence-corrected chi connectivity index (χ2v) is 7.39. The summed E-state index contributed by atoms with van der Waals surface area (Å²) >= 11 is 0. The SMILES string of the molecule is CNC(=O)c1ccccc1C1C2CC3CC1CC(O)(C3)C2. The van der Waals surface area contributed by atoms with E-state index in [4.69, 9.17) is 0 Å². The standard InChI is InChI=1S/C18H23NO2/c1-19-17(20)15-5-3-2-4-14(15)16-12-6-11-7-13(16)10-18(21,8-11)9-12/h2-5,11-13,16,21H,6-10H2,1H3,(H,19,20). The van der Waals surface area contributed by atoms with E-state index in [0.717, 1.165) is 24.8 Å². The Hall–Kier alpha value is -1.35. The third-order valence-electron chi connectivity index (χ3n) is 6.03. The van der Waals surface area contributed by atoms with Crippen molar-refractivity contribution in [3.63, 3.8) is 0 Å². The van der Waals surface area contributed by atoms with Crippen LogP contribution in [0.5, 0.6) is 0 Å². The minimum atomic E-state index is -0.408. The van der Waals surface area contributed by atoms with Gasteiger partial charge in [0.25, 0.3) is 5.91 Å². The molecule has 4 saturated carbocycles. The lowest BCUT2D eigenvalue weighted by molar-refractivity contribution is -0.134. The molecule has 2 N–H and O–H groups in total. The highest BCUT2D eigenvalue weighted by Crippen LogP contribution is 2.61. The van der Waals surface area contributed by atoms with E-state index in [1.165, 1.54) is 18.4 Å². The zero-order valence-electron chi connectivity index (χ0n) is 12.5. The zero-order chi connectivity index (χ0) is 14.6. The topological polar surface area (TPSA) is 49.3 Å². The van der Waals surface area contributed by atoms with E-state index < -0.39 is 5.60 Å². The van der Waals surface area contributed by atoms with Crippen LogP contribution in [0.2, 0.25) is 0 Å². The summed E-state index contributed by atoms with van der Waals surface area (Å²) in [7, 11) is 1.69. The fourth-order valence-corrected chi connectivity index (χ4v) is 5.62. The highest BCUT2D eigenvalue weighted by Gasteiger charge is 2.55. The number of amides is 1. The highest BCUT2D eigenvalue weighted by atomic mass is 16.3. The van der Waals surface area contributed by atoms with Crippen molar-refractivity contribution in [2.75, 3.05) is 7.05 Å². The Morgan fingerprint density at radius 1 is 1.19 bits per heavy atom. The Bertz CT molecular complexity index is 566. The molecule has 1 amide bonds. The zero-order valence-corrected chi connectivity index (χ0v) is 12.5. The molecule has 5 rings (SSSR count). The maximum atomic E-state index is 12.2. The molecule has 112 valence electrons. The molecule has 0 spiro atoms. The van der Waals surface area contributed by atoms with E-state index in [1.54, 1.807) is 7.05 Å². The molecule has 0 radical (unpaired) electrons. The first kappa shape index (κ1) is 13.3. The minimum Gasteiger partial charge on any atom is -0.390 e. The Balaban J connectivity index is 1.73. The maximum absolute atomic E-state index is 12.2. The van der Waals surface area contributed by atoms with Crippen molar-refractivity contribution >= 4 is 5.91 Å². The average molecular weight is 285 g/mol. The third-order valence-corrected chi connectivity index (χ3v) is 6.03. The molecular formula is C18H23NO2. The van der Waals surface area contributed by atoms with Gasteiger partial charge in [-0.25, -0.2) is 0 Å². The van der Waals surface area contributed by atoms with Gasteiger partial charge in [0, 0.05) is 12.6 Å². The largest absolute Gasteiger partial charge is 0.390 e. The third kappa shape index (κ3) is 2.02. The summed E-state index contributed by atoms with van der Waals surface area (Å²) < 4.78 is 0. The molecule has 0 aliphatic heterocycles. The molecule has 4 fully saturated rings. The highest BCUT2D eigenvalue weighted by molar-refractivity contribution is 5.95. The number of nitrogens with one attached hydrogen (secondary N) is 1. The monoisotopic (exact) mass is 285 g/mol. The van der Waals surface area contributed by atoms with Gasteiger partial charge < -0.3 is 10.4 Å². The molecule has 3 nitrogen and oxygen atoms in total. The molecule has 4 bridgehead atoms. The van der Waals surface area contributed by atoms with Crippen LogP contribution in [0, 0.1) is 17.8 Å². The van der Waals surface area contributed by atoms with Crippen molar-refractivity contribution in [2.45, 2.75) is 43.6 Å². The van der Waals surface area contributed by atoms with E-state index in [2.05, 4.69) is 11.4 Å². The van der Waals surface area contributed by atoms with E-state index in [-0.39, 0.29) is 5.91 Å². The van der Waals surface area contributed by atoms with Crippen LogP contribution in [0.4, 0.5) is 0 Å². The van der Waals surface area contributed by atoms with Crippen LogP contribution in [-0.4, -0.2) is 23.7 Å². The first-order valence-electron chi connectivity index (χ1n) is 8.13. The Labute approximate surface area is 125 Å². The van der Waals surface area contributed by atoms with Gasteiger partial charge in [-0.2, -0.15) is 0 Å². The van der Waals surface area contributed by atoms with Crippen molar-refractivity contribution < 1.29 is 9.90 Å². The predicted octanol–water partition coefficient (Wildman–Crippen LogP) is 2.70. The summed E-state index contributed by atoms with van der Waals surface area (Å²) in [6, 6.07) is 8.05. The maximum Gasteiger partial charge on any atom is 0.251 e. The van der Waals surface area contributed by atoms with Crippen LogP contribution >= 0.6 is 0 Å². The van der Waals surface area contributed by atoms with E-state index in [0.29, 0.717) is 23.7 Å². The van der Waals surface area contributed by atoms with Gasteiger partial charge in [-0.15, -0.1) is 0 Å². The molecule has 0 aromatic heterocycles. The molecule has 2 unspecified atom stereocenters. The van der Waals surface area contributed by atoms with Crippen LogP contribution < -0.4 is 5.32 Å². The minimum absolute atomic E-state index is 0.0121. The number of rotatable bonds is 2. The molecule has 2 atom stereocenters. The van der Waals surface area contributed by atoms with E-state index in [9.17, 15) is 9.90 Å². The summed E-state index contributed by atoms with van der Waals surface area (Å²) in [5.74, 6) is 2.27. The van der Waals surface area contributed by atoms with Gasteiger partial charge in [-0.05, 0) is 67.4 Å². The van der Waals surface area contributed by atoms with Gasteiger partial charge in [0.05, 0.1) is 5.60 Å². The van der Waals surface area contributed by atoms with E-state index in [1.807, 2.05) is 18.2 Å². The van der Waals surface area contributed by atoms with Crippen LogP contribution in [0.3, 0.4) is 0 Å². The molecule has 1 aromatic rings. The number of carbonyl (C=O) groups excluding carboxylic acids is 1. The molecule has 4 aliphatic carbocycles. The lowest BCUT2D eigenvalue weighted by Crippen LogP contribution is -2.53. The fourth-order valence-electron chi connectivity index (χ4n) is 5.62. The van der Waals surface area contributed by atoms with Crippen molar-refractivity contribution in [2.24, 2.45) is 17.8 Å². The van der Waals surface area contributed by atoms with Gasteiger partial charge in [-0.3, -0.25) is 4.79 Å². The second kappa shape index (κ2) is 4.57. The number of hydrogen-bond donors (Lipinski definition) is 2. The van der Waals surface area contributed by atoms with Gasteiger partial charge in [0.2, 0.25) is 0 Å². The average Bonchev–Trinajstić information content (AvgIpc) is 2.45. The summed E-state index contributed by atoms with van der Waals surface area (Å²) in [6.07, 6.45) is 5.31. The Morgan fingerprint density at radius 2 is 1.86 bits per heavy atom. The molecule has 0 saturated heterocycles. The Morgan fingerprint density at radius 3 is 2.48 bits per heavy atom. The number of aliphatic hydroxyl groups is 1. The normalized spacial score (nSPS) is 40.3. The molecule has 1 aromatic carbocycles. The first-order chi connectivity index (χ1) is 10.1. The van der Waals surface area contributed by atoms with Crippen LogP contribution in [0.1, 0.15) is 53.9 Å². The smallest absolute Gasteiger partial charge is 0.251 e. The summed E-state index contributed by atoms with van der Waals surface area (Å²) in [5.41, 5.74) is 1.62. The lowest BCUT2D eigenvalue weighted by atomic mass is 9.49. The summed E-state index contributed by atoms with van der Waals surface area (Å²) in [5, 5.41) is 13.5. The molecule has 21 heavy (non-hydrogen) atoms. The summed E-state index contributed by atoms with van der Waals surface area (Å²) in [6.45, 7) is 0. The van der Waals surface area contributed by atoms with Crippen LogP contribution in [0.25, 0.3) is 0 Å². The van der Waals surface area contributed by atoms with Gasteiger partial charge in [0.15, 0.2) is 0 Å². The first-order valence-corrected chi connectivity index (χ1v) is 8.13. The second-order valence-electron chi connectivity index (χ2n) is 7.39. The van der Waals surface area contributed by atoms with Crippen LogP contribution in [-0.2, 0) is 0 Å². The number of benzene rings is 1. The van der Waals surface area contributed by atoms with E-state index >= 15 is 0 Å². The van der Waals surface area contributed by atoms with Crippen molar-refractivity contribution in [1.82, 2.24) is 5.32 Å². The fraction of sp³-hybridized carbons (Fsp3) is 0.611. The molecular weight excluding hydrogens is 262 g/mol. The van der Waals surface area contributed by atoms with Crippen molar-refractivity contribution in [3.8, 4) is 0 Å². The van der Waals surface area contributed by atoms with Crippen LogP contribution in [0.15, 0.2) is 24.3 Å². The van der Waals surface area contributed by atoms with Gasteiger partial charge >= 0.3 is 0 Å². The van der Waals surface area contributed by atoms with Crippen molar-refractivity contribution in [3.05, 3.63) is 35.4 Å². The molecule has 3 heteroatoms. The number of hydrogen-bond acceptors (Lipinski definition) is 2. The molecule has 0 heterocycles. The van der Waals surface area contributed by atoms with Gasteiger partial charge in [0.1, 0.15) is 0 Å². The quantitative estimate of drug-likeness (QED) is 0.877. The van der Waals surface area contributed by atoms with Crippen molar-refractivity contribution in [1.29, 1.82) is 0 Å². The lowest BCUT2D eigenvalue weighted by Gasteiger charge is -2.58. The number of carbonyl (C=O) groups is 1. The summed E-state index contributed by atoms with van der Waals surface area (Å²) in [4.78, 5) is 12.2. The Kier molecular flexibility index (Phi) is 2.90. The predicted molar refractivity (Wildman–Crippen MR) is 81.1 cm³/mol. The van der Waals surface area contributed by atoms with Gasteiger partial charge in [-0.1, -0.05) is 18.2 Å².